The standard InChI is InChI=1S/C14H16ClNO4/c1-9-4-2-3-5-13(9)20-14(17)10-6-7-12(16(18)19)11(15)8-10/h6-9,13H,2-5H2,1H3. The fourth-order valence-corrected chi connectivity index (χ4v) is 2.69. The van der Waals surface area contributed by atoms with Gasteiger partial charge in [0.05, 0.1) is 10.5 Å². The van der Waals surface area contributed by atoms with Gasteiger partial charge in [0, 0.05) is 6.07 Å². The molecular weight excluding hydrogens is 282 g/mol. The lowest BCUT2D eigenvalue weighted by Gasteiger charge is -2.28. The summed E-state index contributed by atoms with van der Waals surface area (Å²) in [4.78, 5) is 22.1. The Morgan fingerprint density at radius 3 is 2.70 bits per heavy atom. The lowest BCUT2D eigenvalue weighted by Crippen LogP contribution is -2.28. The number of ether oxygens (including phenoxy) is 1. The summed E-state index contributed by atoms with van der Waals surface area (Å²) >= 11 is 5.79. The molecule has 1 aliphatic carbocycles. The predicted octanol–water partition coefficient (Wildman–Crippen LogP) is 3.98. The number of nitro benzene ring substituents is 1. The number of carbonyl (C=O) groups excluding carboxylic acids is 1. The van der Waals surface area contributed by atoms with Gasteiger partial charge in [-0.1, -0.05) is 24.9 Å². The van der Waals surface area contributed by atoms with Crippen molar-refractivity contribution in [3.05, 3.63) is 38.9 Å². The Kier molecular flexibility index (Phi) is 4.60. The summed E-state index contributed by atoms with van der Waals surface area (Å²) in [5.74, 6) is -0.123. The lowest BCUT2D eigenvalue weighted by atomic mass is 9.88. The zero-order valence-corrected chi connectivity index (χ0v) is 11.9. The van der Waals surface area contributed by atoms with Gasteiger partial charge in [-0.05, 0) is 37.3 Å². The molecule has 0 amide bonds. The van der Waals surface area contributed by atoms with Gasteiger partial charge in [0.2, 0.25) is 0 Å². The topological polar surface area (TPSA) is 69.4 Å². The molecule has 1 aliphatic rings. The van der Waals surface area contributed by atoms with Gasteiger partial charge in [-0.2, -0.15) is 0 Å². The second-order valence-corrected chi connectivity index (χ2v) is 5.54. The Balaban J connectivity index is 2.09. The lowest BCUT2D eigenvalue weighted by molar-refractivity contribution is -0.384. The summed E-state index contributed by atoms with van der Waals surface area (Å²) in [5, 5.41) is 10.6. The summed E-state index contributed by atoms with van der Waals surface area (Å²) in [7, 11) is 0. The molecule has 6 heteroatoms. The molecule has 20 heavy (non-hydrogen) atoms. The summed E-state index contributed by atoms with van der Waals surface area (Å²) in [6.45, 7) is 2.07. The van der Waals surface area contributed by atoms with Gasteiger partial charge in [-0.25, -0.2) is 4.79 Å². The maximum absolute atomic E-state index is 12.0. The number of nitrogens with zero attached hydrogens (tertiary/aromatic N) is 1. The zero-order valence-electron chi connectivity index (χ0n) is 11.2. The predicted molar refractivity (Wildman–Crippen MR) is 74.9 cm³/mol. The van der Waals surface area contributed by atoms with Gasteiger partial charge < -0.3 is 4.74 Å². The van der Waals surface area contributed by atoms with Crippen LogP contribution in [0.2, 0.25) is 5.02 Å². The normalized spacial score (nSPS) is 22.3. The highest BCUT2D eigenvalue weighted by molar-refractivity contribution is 6.33. The first-order chi connectivity index (χ1) is 9.49. The minimum absolute atomic E-state index is 0.0545. The number of halogens is 1. The van der Waals surface area contributed by atoms with Crippen molar-refractivity contribution < 1.29 is 14.5 Å². The second kappa shape index (κ2) is 6.22. The second-order valence-electron chi connectivity index (χ2n) is 5.13. The summed E-state index contributed by atoms with van der Waals surface area (Å²) in [6.07, 6.45) is 4.07. The van der Waals surface area contributed by atoms with Crippen molar-refractivity contribution in [1.82, 2.24) is 0 Å². The van der Waals surface area contributed by atoms with E-state index in [4.69, 9.17) is 16.3 Å². The number of hydrogen-bond acceptors (Lipinski definition) is 4. The molecule has 1 saturated carbocycles. The third kappa shape index (κ3) is 3.28. The molecule has 108 valence electrons. The number of rotatable bonds is 3. The molecule has 0 N–H and O–H groups in total. The number of esters is 1. The summed E-state index contributed by atoms with van der Waals surface area (Å²) < 4.78 is 5.48. The van der Waals surface area contributed by atoms with E-state index in [0.717, 1.165) is 19.3 Å². The van der Waals surface area contributed by atoms with E-state index in [0.29, 0.717) is 5.92 Å². The molecule has 2 rings (SSSR count). The quantitative estimate of drug-likeness (QED) is 0.480. The van der Waals surface area contributed by atoms with Crippen LogP contribution in [0.15, 0.2) is 18.2 Å². The van der Waals surface area contributed by atoms with E-state index in [1.54, 1.807) is 0 Å². The highest BCUT2D eigenvalue weighted by atomic mass is 35.5. The summed E-state index contributed by atoms with van der Waals surface area (Å²) in [5.41, 5.74) is 0.0348. The van der Waals surface area contributed by atoms with Gasteiger partial charge in [-0.15, -0.1) is 0 Å². The van der Waals surface area contributed by atoms with Crippen LogP contribution >= 0.6 is 11.6 Å². The Morgan fingerprint density at radius 2 is 2.10 bits per heavy atom. The number of hydrogen-bond donors (Lipinski definition) is 0. The van der Waals surface area contributed by atoms with Crippen molar-refractivity contribution in [2.24, 2.45) is 5.92 Å². The van der Waals surface area contributed by atoms with Gasteiger partial charge in [0.25, 0.3) is 5.69 Å². The molecule has 0 saturated heterocycles. The van der Waals surface area contributed by atoms with Crippen molar-refractivity contribution in [2.45, 2.75) is 38.7 Å². The third-order valence-electron chi connectivity index (χ3n) is 3.67. The van der Waals surface area contributed by atoms with Crippen LogP contribution in [0.4, 0.5) is 5.69 Å². The van der Waals surface area contributed by atoms with E-state index in [-0.39, 0.29) is 22.4 Å². The molecule has 0 spiro atoms. The Morgan fingerprint density at radius 1 is 1.40 bits per heavy atom. The van der Waals surface area contributed by atoms with E-state index >= 15 is 0 Å². The van der Waals surface area contributed by atoms with Gasteiger partial charge >= 0.3 is 5.97 Å². The molecule has 2 atom stereocenters. The number of benzene rings is 1. The highest BCUT2D eigenvalue weighted by Crippen LogP contribution is 2.29. The van der Waals surface area contributed by atoms with Crippen LogP contribution in [-0.2, 0) is 4.74 Å². The molecule has 5 nitrogen and oxygen atoms in total. The first kappa shape index (κ1) is 14.8. The largest absolute Gasteiger partial charge is 0.459 e. The van der Waals surface area contributed by atoms with Crippen LogP contribution in [0.5, 0.6) is 0 Å². The van der Waals surface area contributed by atoms with Crippen molar-refractivity contribution in [3.63, 3.8) is 0 Å². The average Bonchev–Trinajstić information content (AvgIpc) is 2.40. The highest BCUT2D eigenvalue weighted by Gasteiger charge is 2.26. The maximum atomic E-state index is 12.0. The first-order valence-electron chi connectivity index (χ1n) is 6.64. The van der Waals surface area contributed by atoms with E-state index in [2.05, 4.69) is 6.92 Å². The zero-order chi connectivity index (χ0) is 14.7. The molecule has 0 heterocycles. The van der Waals surface area contributed by atoms with Crippen molar-refractivity contribution in [2.75, 3.05) is 0 Å². The van der Waals surface area contributed by atoms with Crippen LogP contribution in [0.25, 0.3) is 0 Å². The van der Waals surface area contributed by atoms with Crippen molar-refractivity contribution in [3.8, 4) is 0 Å². The fourth-order valence-electron chi connectivity index (χ4n) is 2.44. The third-order valence-corrected chi connectivity index (χ3v) is 3.97. The van der Waals surface area contributed by atoms with Crippen LogP contribution in [0.1, 0.15) is 43.0 Å². The number of carbonyl (C=O) groups is 1. The van der Waals surface area contributed by atoms with E-state index in [1.807, 2.05) is 0 Å². The van der Waals surface area contributed by atoms with Gasteiger partial charge in [0.15, 0.2) is 0 Å². The van der Waals surface area contributed by atoms with E-state index in [9.17, 15) is 14.9 Å². The minimum Gasteiger partial charge on any atom is -0.459 e. The molecule has 0 bridgehead atoms. The first-order valence-corrected chi connectivity index (χ1v) is 7.01. The molecule has 1 aromatic rings. The van der Waals surface area contributed by atoms with Crippen LogP contribution in [-0.4, -0.2) is 17.0 Å². The molecule has 1 aromatic carbocycles. The fraction of sp³-hybridized carbons (Fsp3) is 0.500. The Hall–Kier alpha value is -1.62. The van der Waals surface area contributed by atoms with E-state index < -0.39 is 10.9 Å². The van der Waals surface area contributed by atoms with Crippen LogP contribution < -0.4 is 0 Å². The molecule has 0 aromatic heterocycles. The SMILES string of the molecule is CC1CCCCC1OC(=O)c1ccc([N+](=O)[O-])c(Cl)c1. The molecule has 1 fully saturated rings. The van der Waals surface area contributed by atoms with Crippen LogP contribution in [0, 0.1) is 16.0 Å². The maximum Gasteiger partial charge on any atom is 0.338 e. The molecular formula is C14H16ClNO4. The van der Waals surface area contributed by atoms with Gasteiger partial charge in [-0.3, -0.25) is 10.1 Å². The Bertz CT molecular complexity index is 532. The monoisotopic (exact) mass is 297 g/mol. The molecule has 2 unspecified atom stereocenters. The van der Waals surface area contributed by atoms with Crippen LogP contribution in [0.3, 0.4) is 0 Å². The smallest absolute Gasteiger partial charge is 0.338 e. The minimum atomic E-state index is -0.583. The number of nitro groups is 1. The van der Waals surface area contributed by atoms with Gasteiger partial charge in [0.1, 0.15) is 11.1 Å². The summed E-state index contributed by atoms with van der Waals surface area (Å²) in [6, 6.07) is 3.89. The molecule has 0 aliphatic heterocycles. The van der Waals surface area contributed by atoms with Crippen molar-refractivity contribution in [1.29, 1.82) is 0 Å². The average molecular weight is 298 g/mol. The molecule has 0 radical (unpaired) electrons. The van der Waals surface area contributed by atoms with Crippen molar-refractivity contribution >= 4 is 23.3 Å². The Labute approximate surface area is 122 Å². The van der Waals surface area contributed by atoms with E-state index in [1.165, 1.54) is 24.6 Å².